The standard InChI is InChI=1S/C19H25N5O/c1-14-4-2-3-5-15(14)12-23-10-8-17(9-11-23)24-13-18(21-22-24)19(25)20-16-6-7-16/h2-5,13,16-17H,6-12H2,1H3,(H,20,25). The molecule has 6 nitrogen and oxygen atoms in total. The molecule has 1 saturated heterocycles. The number of hydrogen-bond acceptors (Lipinski definition) is 4. The Bertz CT molecular complexity index is 744. The monoisotopic (exact) mass is 339 g/mol. The van der Waals surface area contributed by atoms with Crippen molar-refractivity contribution in [3.63, 3.8) is 0 Å². The van der Waals surface area contributed by atoms with Crippen LogP contribution in [0.1, 0.15) is 53.3 Å². The average molecular weight is 339 g/mol. The van der Waals surface area contributed by atoms with Crippen molar-refractivity contribution in [1.82, 2.24) is 25.2 Å². The lowest BCUT2D eigenvalue weighted by Crippen LogP contribution is -2.34. The third kappa shape index (κ3) is 3.90. The van der Waals surface area contributed by atoms with Crippen molar-refractivity contribution < 1.29 is 4.79 Å². The van der Waals surface area contributed by atoms with Gasteiger partial charge in [0.1, 0.15) is 0 Å². The Morgan fingerprint density at radius 1 is 1.20 bits per heavy atom. The molecular formula is C19H25N5O. The molecule has 1 aromatic carbocycles. The minimum Gasteiger partial charge on any atom is -0.348 e. The van der Waals surface area contributed by atoms with Crippen LogP contribution in [-0.2, 0) is 6.54 Å². The summed E-state index contributed by atoms with van der Waals surface area (Å²) in [5, 5.41) is 11.2. The molecule has 1 amide bonds. The van der Waals surface area contributed by atoms with Gasteiger partial charge in [-0.3, -0.25) is 9.69 Å². The normalized spacial score (nSPS) is 19.1. The van der Waals surface area contributed by atoms with Crippen molar-refractivity contribution in [1.29, 1.82) is 0 Å². The van der Waals surface area contributed by atoms with Crippen molar-refractivity contribution in [2.45, 2.75) is 51.2 Å². The minimum atomic E-state index is -0.0919. The molecule has 2 fully saturated rings. The summed E-state index contributed by atoms with van der Waals surface area (Å²) in [7, 11) is 0. The molecule has 0 bridgehead atoms. The third-order valence-corrected chi connectivity index (χ3v) is 5.24. The number of nitrogens with zero attached hydrogens (tertiary/aromatic N) is 4. The number of carbonyl (C=O) groups is 1. The molecule has 25 heavy (non-hydrogen) atoms. The highest BCUT2D eigenvalue weighted by atomic mass is 16.2. The van der Waals surface area contributed by atoms with Gasteiger partial charge in [0.15, 0.2) is 5.69 Å². The predicted molar refractivity (Wildman–Crippen MR) is 95.2 cm³/mol. The van der Waals surface area contributed by atoms with Crippen LogP contribution in [0.3, 0.4) is 0 Å². The summed E-state index contributed by atoms with van der Waals surface area (Å²) >= 11 is 0. The summed E-state index contributed by atoms with van der Waals surface area (Å²) < 4.78 is 1.88. The number of piperidine rings is 1. The molecule has 0 unspecified atom stereocenters. The number of aryl methyl sites for hydroxylation is 1. The summed E-state index contributed by atoms with van der Waals surface area (Å²) in [5.41, 5.74) is 3.20. The van der Waals surface area contributed by atoms with Crippen molar-refractivity contribution in [3.8, 4) is 0 Å². The maximum absolute atomic E-state index is 12.0. The number of amides is 1. The molecule has 6 heteroatoms. The fourth-order valence-electron chi connectivity index (χ4n) is 3.42. The van der Waals surface area contributed by atoms with E-state index in [-0.39, 0.29) is 5.91 Å². The number of hydrogen-bond donors (Lipinski definition) is 1. The van der Waals surface area contributed by atoms with E-state index in [1.165, 1.54) is 11.1 Å². The Labute approximate surface area is 148 Å². The fraction of sp³-hybridized carbons (Fsp3) is 0.526. The molecule has 2 heterocycles. The van der Waals surface area contributed by atoms with Crippen LogP contribution in [0, 0.1) is 6.92 Å². The highest BCUT2D eigenvalue weighted by Gasteiger charge is 2.26. The first kappa shape index (κ1) is 16.3. The smallest absolute Gasteiger partial charge is 0.273 e. The van der Waals surface area contributed by atoms with Crippen LogP contribution in [-0.4, -0.2) is 44.9 Å². The molecule has 1 N–H and O–H groups in total. The van der Waals surface area contributed by atoms with Crippen LogP contribution in [0.15, 0.2) is 30.5 Å². The number of likely N-dealkylation sites (tertiary alicyclic amines) is 1. The summed E-state index contributed by atoms with van der Waals surface area (Å²) in [5.74, 6) is -0.0919. The molecule has 2 aliphatic rings. The topological polar surface area (TPSA) is 63.1 Å². The second kappa shape index (κ2) is 6.96. The lowest BCUT2D eigenvalue weighted by molar-refractivity contribution is 0.0946. The average Bonchev–Trinajstić information content (AvgIpc) is 3.29. The Kier molecular flexibility index (Phi) is 4.53. The summed E-state index contributed by atoms with van der Waals surface area (Å²) in [4.78, 5) is 14.5. The third-order valence-electron chi connectivity index (χ3n) is 5.24. The van der Waals surface area contributed by atoms with Crippen molar-refractivity contribution in [2.75, 3.05) is 13.1 Å². The first-order valence-corrected chi connectivity index (χ1v) is 9.18. The van der Waals surface area contributed by atoms with Gasteiger partial charge in [-0.2, -0.15) is 0 Å². The maximum atomic E-state index is 12.0. The second-order valence-corrected chi connectivity index (χ2v) is 7.27. The van der Waals surface area contributed by atoms with Crippen molar-refractivity contribution in [2.24, 2.45) is 0 Å². The van der Waals surface area contributed by atoms with Crippen LogP contribution in [0.5, 0.6) is 0 Å². The van der Waals surface area contributed by atoms with Gasteiger partial charge in [-0.05, 0) is 43.7 Å². The van der Waals surface area contributed by atoms with Gasteiger partial charge in [-0.1, -0.05) is 29.5 Å². The van der Waals surface area contributed by atoms with E-state index in [1.54, 1.807) is 6.20 Å². The van der Waals surface area contributed by atoms with Crippen LogP contribution in [0.25, 0.3) is 0 Å². The molecule has 4 rings (SSSR count). The first-order valence-electron chi connectivity index (χ1n) is 9.18. The molecule has 2 aromatic rings. The summed E-state index contributed by atoms with van der Waals surface area (Å²) in [6.07, 6.45) is 6.05. The summed E-state index contributed by atoms with van der Waals surface area (Å²) in [6.45, 7) is 5.27. The van der Waals surface area contributed by atoms with Gasteiger partial charge >= 0.3 is 0 Å². The quantitative estimate of drug-likeness (QED) is 0.908. The second-order valence-electron chi connectivity index (χ2n) is 7.27. The van der Waals surface area contributed by atoms with Gasteiger partial charge in [-0.15, -0.1) is 5.10 Å². The Morgan fingerprint density at radius 2 is 1.96 bits per heavy atom. The molecule has 132 valence electrons. The van der Waals surface area contributed by atoms with Gasteiger partial charge in [0, 0.05) is 25.7 Å². The predicted octanol–water partition coefficient (Wildman–Crippen LogP) is 2.32. The molecule has 0 spiro atoms. The van der Waals surface area contributed by atoms with E-state index in [1.807, 2.05) is 4.68 Å². The number of benzene rings is 1. The lowest BCUT2D eigenvalue weighted by Gasteiger charge is -2.32. The SMILES string of the molecule is Cc1ccccc1CN1CCC(n2cc(C(=O)NC3CC3)nn2)CC1. The Morgan fingerprint density at radius 3 is 2.68 bits per heavy atom. The van der Waals surface area contributed by atoms with E-state index >= 15 is 0 Å². The van der Waals surface area contributed by atoms with Gasteiger partial charge in [0.25, 0.3) is 5.91 Å². The molecular weight excluding hydrogens is 314 g/mol. The molecule has 0 atom stereocenters. The molecule has 1 saturated carbocycles. The zero-order valence-electron chi connectivity index (χ0n) is 14.7. The fourth-order valence-corrected chi connectivity index (χ4v) is 3.42. The highest BCUT2D eigenvalue weighted by molar-refractivity contribution is 5.92. The van der Waals surface area contributed by atoms with E-state index in [9.17, 15) is 4.79 Å². The number of rotatable bonds is 5. The van der Waals surface area contributed by atoms with Crippen LogP contribution in [0.4, 0.5) is 0 Å². The minimum absolute atomic E-state index is 0.0919. The zero-order chi connectivity index (χ0) is 17.2. The van der Waals surface area contributed by atoms with Crippen LogP contribution >= 0.6 is 0 Å². The van der Waals surface area contributed by atoms with Crippen molar-refractivity contribution in [3.05, 3.63) is 47.3 Å². The van der Waals surface area contributed by atoms with Gasteiger partial charge in [-0.25, -0.2) is 4.68 Å². The van der Waals surface area contributed by atoms with Crippen LogP contribution < -0.4 is 5.32 Å². The first-order chi connectivity index (χ1) is 12.2. The van der Waals surface area contributed by atoms with Gasteiger partial charge in [0.2, 0.25) is 0 Å². The molecule has 1 aliphatic carbocycles. The van der Waals surface area contributed by atoms with Gasteiger partial charge in [0.05, 0.1) is 12.2 Å². The van der Waals surface area contributed by atoms with Crippen LogP contribution in [0.2, 0.25) is 0 Å². The summed E-state index contributed by atoms with van der Waals surface area (Å²) in [6, 6.07) is 9.27. The van der Waals surface area contributed by atoms with Gasteiger partial charge < -0.3 is 5.32 Å². The Balaban J connectivity index is 1.32. The molecule has 0 radical (unpaired) electrons. The van der Waals surface area contributed by atoms with E-state index < -0.39 is 0 Å². The molecule has 1 aromatic heterocycles. The van der Waals surface area contributed by atoms with E-state index in [0.29, 0.717) is 17.8 Å². The molecule has 1 aliphatic heterocycles. The van der Waals surface area contributed by atoms with Crippen molar-refractivity contribution >= 4 is 5.91 Å². The Hall–Kier alpha value is -2.21. The largest absolute Gasteiger partial charge is 0.348 e. The zero-order valence-corrected chi connectivity index (χ0v) is 14.7. The van der Waals surface area contributed by atoms with E-state index in [0.717, 1.165) is 45.3 Å². The van der Waals surface area contributed by atoms with E-state index in [2.05, 4.69) is 51.7 Å². The lowest BCUT2D eigenvalue weighted by atomic mass is 10.0. The highest BCUT2D eigenvalue weighted by Crippen LogP contribution is 2.24. The maximum Gasteiger partial charge on any atom is 0.273 e. The van der Waals surface area contributed by atoms with E-state index in [4.69, 9.17) is 0 Å². The number of nitrogens with one attached hydrogen (secondary N) is 1. The number of aromatic nitrogens is 3. The number of carbonyl (C=O) groups excluding carboxylic acids is 1.